The highest BCUT2D eigenvalue weighted by Crippen LogP contribution is 2.04. The van der Waals surface area contributed by atoms with E-state index in [9.17, 15) is 9.59 Å². The van der Waals surface area contributed by atoms with E-state index in [1.54, 1.807) is 35.8 Å². The zero-order valence-corrected chi connectivity index (χ0v) is 11.8. The fraction of sp³-hybridized carbons (Fsp3) is 0.467. The minimum absolute atomic E-state index is 0.276. The van der Waals surface area contributed by atoms with Crippen molar-refractivity contribution in [3.05, 3.63) is 35.9 Å². The van der Waals surface area contributed by atoms with Crippen LogP contribution in [0.3, 0.4) is 0 Å². The van der Waals surface area contributed by atoms with E-state index >= 15 is 0 Å². The van der Waals surface area contributed by atoms with Crippen LogP contribution in [0.5, 0.6) is 0 Å². The van der Waals surface area contributed by atoms with E-state index in [0.29, 0.717) is 12.0 Å². The molecule has 0 heterocycles. The summed E-state index contributed by atoms with van der Waals surface area (Å²) in [7, 11) is 0. The van der Waals surface area contributed by atoms with Crippen LogP contribution >= 0.6 is 0 Å². The summed E-state index contributed by atoms with van der Waals surface area (Å²) in [6.07, 6.45) is 6.05. The number of amides is 1. The van der Waals surface area contributed by atoms with E-state index in [4.69, 9.17) is 10.3 Å². The third-order valence-electron chi connectivity index (χ3n) is 2.65. The van der Waals surface area contributed by atoms with Crippen molar-refractivity contribution in [3.63, 3.8) is 0 Å². The highest BCUT2D eigenvalue weighted by Gasteiger charge is 1.97. The van der Waals surface area contributed by atoms with E-state index in [2.05, 4.69) is 6.92 Å². The maximum atomic E-state index is 10.5. The summed E-state index contributed by atoms with van der Waals surface area (Å²) in [6.45, 7) is 2.15. The number of carboxylic acids is 1. The van der Waals surface area contributed by atoms with Crippen LogP contribution in [0, 0.1) is 0 Å². The maximum Gasteiger partial charge on any atom is 0.335 e. The van der Waals surface area contributed by atoms with Gasteiger partial charge in [-0.3, -0.25) is 10.0 Å². The second-order valence-electron chi connectivity index (χ2n) is 4.37. The molecule has 0 atom stereocenters. The molecule has 1 aromatic carbocycles. The average Bonchev–Trinajstić information content (AvgIpc) is 2.48. The van der Waals surface area contributed by atoms with Gasteiger partial charge in [-0.2, -0.15) is 0 Å². The highest BCUT2D eigenvalue weighted by molar-refractivity contribution is 5.87. The van der Waals surface area contributed by atoms with Gasteiger partial charge in [-0.05, 0) is 18.6 Å². The van der Waals surface area contributed by atoms with Crippen LogP contribution in [0.4, 0.5) is 0 Å². The molecule has 0 unspecified atom stereocenters. The summed E-state index contributed by atoms with van der Waals surface area (Å²) in [5.74, 6) is -1.16. The predicted octanol–water partition coefficient (Wildman–Crippen LogP) is 3.24. The molecule has 5 heteroatoms. The first-order chi connectivity index (χ1) is 9.61. The molecule has 1 rings (SSSR count). The number of benzene rings is 1. The third kappa shape index (κ3) is 10.1. The fourth-order valence-corrected chi connectivity index (χ4v) is 1.53. The van der Waals surface area contributed by atoms with Crippen molar-refractivity contribution in [2.24, 2.45) is 0 Å². The van der Waals surface area contributed by atoms with E-state index < -0.39 is 5.97 Å². The molecule has 1 amide bonds. The lowest BCUT2D eigenvalue weighted by Crippen LogP contribution is -2.17. The Bertz CT molecular complexity index is 379. The van der Waals surface area contributed by atoms with Gasteiger partial charge in [0.05, 0.1) is 5.56 Å². The van der Waals surface area contributed by atoms with Crippen LogP contribution in [0.1, 0.15) is 55.8 Å². The molecule has 0 saturated heterocycles. The molecule has 0 aliphatic carbocycles. The summed E-state index contributed by atoms with van der Waals surface area (Å²) in [4.78, 5) is 20.7. The standard InChI is InChI=1S/C8H17NO2.C7H6O2/c1-2-3-4-5-6-7-8(10)9-11;8-7(9)6-4-2-1-3-5-6/h11H,2-7H2,1H3,(H,9,10);1-5H,(H,8,9). The van der Waals surface area contributed by atoms with Gasteiger partial charge in [0.25, 0.3) is 0 Å². The van der Waals surface area contributed by atoms with Crippen LogP contribution in [-0.4, -0.2) is 22.2 Å². The molecule has 0 spiro atoms. The molecule has 0 radical (unpaired) electrons. The topological polar surface area (TPSA) is 86.6 Å². The third-order valence-corrected chi connectivity index (χ3v) is 2.65. The monoisotopic (exact) mass is 281 g/mol. The second kappa shape index (κ2) is 12.2. The van der Waals surface area contributed by atoms with Gasteiger partial charge in [0.1, 0.15) is 0 Å². The zero-order valence-electron chi connectivity index (χ0n) is 11.8. The van der Waals surface area contributed by atoms with Crippen molar-refractivity contribution in [2.45, 2.75) is 45.4 Å². The van der Waals surface area contributed by atoms with Crippen LogP contribution in [-0.2, 0) is 4.79 Å². The fourth-order valence-electron chi connectivity index (χ4n) is 1.53. The summed E-state index contributed by atoms with van der Waals surface area (Å²) < 4.78 is 0. The molecule has 1 aromatic rings. The van der Waals surface area contributed by atoms with Gasteiger partial charge >= 0.3 is 5.97 Å². The summed E-state index contributed by atoms with van der Waals surface area (Å²) in [5, 5.41) is 16.5. The smallest absolute Gasteiger partial charge is 0.335 e. The Morgan fingerprint density at radius 1 is 1.05 bits per heavy atom. The molecule has 3 N–H and O–H groups in total. The van der Waals surface area contributed by atoms with Crippen LogP contribution < -0.4 is 5.48 Å². The lowest BCUT2D eigenvalue weighted by molar-refractivity contribution is -0.129. The molecule has 0 aliphatic rings. The van der Waals surface area contributed by atoms with Crippen LogP contribution in [0.25, 0.3) is 0 Å². The lowest BCUT2D eigenvalue weighted by atomic mass is 10.1. The molecule has 0 aliphatic heterocycles. The zero-order chi connectivity index (χ0) is 15.2. The summed E-state index contributed by atoms with van der Waals surface area (Å²) in [6, 6.07) is 8.30. The van der Waals surface area contributed by atoms with E-state index in [0.717, 1.165) is 12.8 Å². The van der Waals surface area contributed by atoms with Crippen LogP contribution in [0.2, 0.25) is 0 Å². The molecule has 20 heavy (non-hydrogen) atoms. The number of carboxylic acid groups (broad SMARTS) is 1. The quantitative estimate of drug-likeness (QED) is 0.407. The molecule has 5 nitrogen and oxygen atoms in total. The van der Waals surface area contributed by atoms with Crippen molar-refractivity contribution in [2.75, 3.05) is 0 Å². The van der Waals surface area contributed by atoms with Gasteiger partial charge in [-0.1, -0.05) is 50.8 Å². The van der Waals surface area contributed by atoms with Gasteiger partial charge in [0.15, 0.2) is 0 Å². The van der Waals surface area contributed by atoms with Gasteiger partial charge in [-0.15, -0.1) is 0 Å². The van der Waals surface area contributed by atoms with Crippen molar-refractivity contribution in [1.29, 1.82) is 0 Å². The number of hydrogen-bond donors (Lipinski definition) is 3. The minimum Gasteiger partial charge on any atom is -0.478 e. The van der Waals surface area contributed by atoms with Crippen molar-refractivity contribution in [1.82, 2.24) is 5.48 Å². The van der Waals surface area contributed by atoms with Crippen molar-refractivity contribution in [3.8, 4) is 0 Å². The molecule has 0 saturated carbocycles. The van der Waals surface area contributed by atoms with Crippen LogP contribution in [0.15, 0.2) is 30.3 Å². The lowest BCUT2D eigenvalue weighted by Gasteiger charge is -1.98. The number of hydroxylamine groups is 1. The number of hydrogen-bond acceptors (Lipinski definition) is 3. The van der Waals surface area contributed by atoms with Crippen molar-refractivity contribution >= 4 is 11.9 Å². The first kappa shape index (κ1) is 18.1. The number of carbonyl (C=O) groups excluding carboxylic acids is 1. The van der Waals surface area contributed by atoms with E-state index in [1.165, 1.54) is 19.3 Å². The summed E-state index contributed by atoms with van der Waals surface area (Å²) in [5.41, 5.74) is 1.95. The Hall–Kier alpha value is -1.88. The minimum atomic E-state index is -0.879. The Kier molecular flexibility index (Phi) is 11.0. The Morgan fingerprint density at radius 2 is 1.65 bits per heavy atom. The number of unbranched alkanes of at least 4 members (excludes halogenated alkanes) is 4. The number of nitrogens with one attached hydrogen (secondary N) is 1. The SMILES string of the molecule is CCCCCCCC(=O)NO.O=C(O)c1ccccc1. The Balaban J connectivity index is 0.000000367. The number of carbonyl (C=O) groups is 2. The van der Waals surface area contributed by atoms with E-state index in [-0.39, 0.29) is 5.91 Å². The van der Waals surface area contributed by atoms with E-state index in [1.807, 2.05) is 0 Å². The first-order valence-electron chi connectivity index (χ1n) is 6.83. The van der Waals surface area contributed by atoms with Gasteiger partial charge in [0.2, 0.25) is 5.91 Å². The first-order valence-corrected chi connectivity index (χ1v) is 6.83. The largest absolute Gasteiger partial charge is 0.478 e. The van der Waals surface area contributed by atoms with Gasteiger partial charge in [0, 0.05) is 6.42 Å². The predicted molar refractivity (Wildman–Crippen MR) is 76.7 cm³/mol. The van der Waals surface area contributed by atoms with Gasteiger partial charge in [-0.25, -0.2) is 10.3 Å². The normalized spacial score (nSPS) is 9.30. The second-order valence-corrected chi connectivity index (χ2v) is 4.37. The van der Waals surface area contributed by atoms with Gasteiger partial charge < -0.3 is 5.11 Å². The highest BCUT2D eigenvalue weighted by atomic mass is 16.5. The number of aromatic carboxylic acids is 1. The molecular formula is C15H23NO4. The maximum absolute atomic E-state index is 10.5. The average molecular weight is 281 g/mol. The number of rotatable bonds is 7. The van der Waals surface area contributed by atoms with Crippen molar-refractivity contribution < 1.29 is 19.9 Å². The molecule has 0 aromatic heterocycles. The molecular weight excluding hydrogens is 258 g/mol. The Labute approximate surface area is 119 Å². The molecule has 0 bridgehead atoms. The Morgan fingerprint density at radius 3 is 2.10 bits per heavy atom. The summed E-state index contributed by atoms with van der Waals surface area (Å²) >= 11 is 0. The molecule has 0 fully saturated rings. The molecule has 112 valence electrons.